The molecule has 2 heterocycles. The van der Waals surface area contributed by atoms with Crippen molar-refractivity contribution in [1.29, 1.82) is 0 Å². The number of carbonyl (C=O) groups is 1. The predicted molar refractivity (Wildman–Crippen MR) is 109 cm³/mol. The van der Waals surface area contributed by atoms with E-state index in [1.807, 2.05) is 30.3 Å². The number of nitrogens with one attached hydrogen (secondary N) is 1. The lowest BCUT2D eigenvalue weighted by Crippen LogP contribution is -2.46. The van der Waals surface area contributed by atoms with E-state index in [4.69, 9.17) is 4.52 Å². The Labute approximate surface area is 170 Å². The Kier molecular flexibility index (Phi) is 5.56. The number of hydrogen-bond acceptors (Lipinski definition) is 5. The Morgan fingerprint density at radius 2 is 1.97 bits per heavy atom. The molecule has 1 saturated carbocycles. The van der Waals surface area contributed by atoms with E-state index in [1.54, 1.807) is 19.1 Å². The van der Waals surface area contributed by atoms with Crippen LogP contribution in [-0.2, 0) is 14.8 Å². The second-order valence-electron chi connectivity index (χ2n) is 7.69. The van der Waals surface area contributed by atoms with Crippen molar-refractivity contribution in [1.82, 2.24) is 14.8 Å². The monoisotopic (exact) mass is 415 g/mol. The molecule has 2 aliphatic rings. The van der Waals surface area contributed by atoms with Crippen LogP contribution in [0.4, 0.5) is 0 Å². The fraction of sp³-hybridized carbons (Fsp3) is 0.429. The lowest BCUT2D eigenvalue weighted by atomic mass is 9.99. The molecule has 7 nitrogen and oxygen atoms in total. The van der Waals surface area contributed by atoms with Gasteiger partial charge in [0.25, 0.3) is 0 Å². The lowest BCUT2D eigenvalue weighted by molar-refractivity contribution is -0.126. The molecule has 154 valence electrons. The van der Waals surface area contributed by atoms with E-state index in [1.165, 1.54) is 4.31 Å². The van der Waals surface area contributed by atoms with Gasteiger partial charge >= 0.3 is 0 Å². The van der Waals surface area contributed by atoms with E-state index >= 15 is 0 Å². The molecule has 29 heavy (non-hydrogen) atoms. The van der Waals surface area contributed by atoms with Crippen LogP contribution in [0, 0.1) is 12.8 Å². The van der Waals surface area contributed by atoms with Gasteiger partial charge < -0.3 is 9.84 Å². The molecule has 1 aromatic carbocycles. The quantitative estimate of drug-likeness (QED) is 0.783. The number of aryl methyl sites for hydroxylation is 1. The molecule has 0 spiro atoms. The van der Waals surface area contributed by atoms with Gasteiger partial charge in [0.15, 0.2) is 10.7 Å². The molecule has 2 aromatic rings. The fourth-order valence-electron chi connectivity index (χ4n) is 3.59. The second kappa shape index (κ2) is 8.12. The van der Waals surface area contributed by atoms with Crippen LogP contribution in [0.15, 0.2) is 39.8 Å². The summed E-state index contributed by atoms with van der Waals surface area (Å²) in [6, 6.07) is 9.83. The molecule has 8 heteroatoms. The van der Waals surface area contributed by atoms with Crippen molar-refractivity contribution in [2.24, 2.45) is 5.92 Å². The molecule has 1 atom stereocenters. The first kappa shape index (κ1) is 19.8. The minimum atomic E-state index is -3.82. The van der Waals surface area contributed by atoms with Gasteiger partial charge in [-0.05, 0) is 44.2 Å². The van der Waals surface area contributed by atoms with Crippen molar-refractivity contribution in [2.45, 2.75) is 43.5 Å². The Bertz CT molecular complexity index is 1010. The summed E-state index contributed by atoms with van der Waals surface area (Å²) in [4.78, 5) is 12.5. The number of piperidine rings is 1. The van der Waals surface area contributed by atoms with Crippen LogP contribution in [0.25, 0.3) is 12.2 Å². The highest BCUT2D eigenvalue weighted by Gasteiger charge is 2.37. The van der Waals surface area contributed by atoms with Crippen LogP contribution in [0.2, 0.25) is 0 Å². The van der Waals surface area contributed by atoms with E-state index in [9.17, 15) is 13.2 Å². The molecule has 1 aliphatic carbocycles. The van der Waals surface area contributed by atoms with Crippen LogP contribution in [0.3, 0.4) is 0 Å². The Balaban J connectivity index is 1.56. The van der Waals surface area contributed by atoms with Crippen LogP contribution < -0.4 is 5.32 Å². The van der Waals surface area contributed by atoms with Gasteiger partial charge in [0.05, 0.1) is 5.92 Å². The largest absolute Gasteiger partial charge is 0.355 e. The number of rotatable bonds is 6. The summed E-state index contributed by atoms with van der Waals surface area (Å²) in [6.07, 6.45) is 6.80. The van der Waals surface area contributed by atoms with Crippen molar-refractivity contribution in [3.8, 4) is 0 Å². The van der Waals surface area contributed by atoms with Gasteiger partial charge in [0, 0.05) is 19.1 Å². The zero-order valence-electron chi connectivity index (χ0n) is 16.4. The molecule has 1 aromatic heterocycles. The van der Waals surface area contributed by atoms with Gasteiger partial charge in [-0.25, -0.2) is 8.42 Å². The third-order valence-corrected chi connectivity index (χ3v) is 7.36. The molecule has 1 N–H and O–H groups in total. The summed E-state index contributed by atoms with van der Waals surface area (Å²) < 4.78 is 33.4. The second-order valence-corrected chi connectivity index (χ2v) is 9.57. The number of sulfonamides is 1. The Morgan fingerprint density at radius 3 is 2.69 bits per heavy atom. The summed E-state index contributed by atoms with van der Waals surface area (Å²) in [5, 5.41) is 6.87. The molecular weight excluding hydrogens is 390 g/mol. The number of nitrogens with zero attached hydrogens (tertiary/aromatic N) is 2. The van der Waals surface area contributed by atoms with Crippen LogP contribution >= 0.6 is 0 Å². The smallest absolute Gasteiger partial charge is 0.248 e. The SMILES string of the molecule is Cc1noc(/C=C/c2ccccc2)c1S(=O)(=O)N1CCCC(C(=O)NC2CC2)C1. The first-order chi connectivity index (χ1) is 13.9. The van der Waals surface area contributed by atoms with E-state index in [0.29, 0.717) is 25.1 Å². The first-order valence-corrected chi connectivity index (χ1v) is 11.4. The van der Waals surface area contributed by atoms with Crippen molar-refractivity contribution in [3.63, 3.8) is 0 Å². The topological polar surface area (TPSA) is 92.5 Å². The van der Waals surface area contributed by atoms with Gasteiger partial charge in [-0.2, -0.15) is 4.31 Å². The zero-order valence-corrected chi connectivity index (χ0v) is 17.2. The summed E-state index contributed by atoms with van der Waals surface area (Å²) >= 11 is 0. The van der Waals surface area contributed by atoms with Crippen LogP contribution in [-0.4, -0.2) is 42.9 Å². The first-order valence-electron chi connectivity index (χ1n) is 9.95. The lowest BCUT2D eigenvalue weighted by Gasteiger charge is -2.31. The third kappa shape index (κ3) is 4.43. The average molecular weight is 416 g/mol. The molecule has 1 saturated heterocycles. The van der Waals surface area contributed by atoms with E-state index in [2.05, 4.69) is 10.5 Å². The highest BCUT2D eigenvalue weighted by Crippen LogP contribution is 2.30. The van der Waals surface area contributed by atoms with E-state index < -0.39 is 10.0 Å². The van der Waals surface area contributed by atoms with E-state index in [0.717, 1.165) is 18.4 Å². The maximum atomic E-state index is 13.4. The van der Waals surface area contributed by atoms with Gasteiger partial charge in [0.2, 0.25) is 15.9 Å². The van der Waals surface area contributed by atoms with Gasteiger partial charge in [0.1, 0.15) is 5.69 Å². The Hall–Kier alpha value is -2.45. The average Bonchev–Trinajstić information content (AvgIpc) is 3.46. The van der Waals surface area contributed by atoms with Crippen LogP contribution in [0.1, 0.15) is 42.7 Å². The molecule has 0 radical (unpaired) electrons. The summed E-state index contributed by atoms with van der Waals surface area (Å²) in [7, 11) is -3.82. The maximum Gasteiger partial charge on any atom is 0.248 e. The summed E-state index contributed by atoms with van der Waals surface area (Å²) in [6.45, 7) is 2.20. The molecule has 0 bridgehead atoms. The van der Waals surface area contributed by atoms with Crippen molar-refractivity contribution < 1.29 is 17.7 Å². The molecular formula is C21H25N3O4S. The number of carbonyl (C=O) groups excluding carboxylic acids is 1. The normalized spacial score (nSPS) is 20.8. The zero-order chi connectivity index (χ0) is 20.4. The molecule has 4 rings (SSSR count). The van der Waals surface area contributed by atoms with Crippen LogP contribution in [0.5, 0.6) is 0 Å². The predicted octanol–water partition coefficient (Wildman–Crippen LogP) is 2.83. The summed E-state index contributed by atoms with van der Waals surface area (Å²) in [5.41, 5.74) is 1.25. The van der Waals surface area contributed by atoms with E-state index in [-0.39, 0.29) is 35.1 Å². The molecule has 1 aliphatic heterocycles. The standard InChI is InChI=1S/C21H25N3O4S/c1-15-20(19(28-23-15)12-9-16-6-3-2-4-7-16)29(26,27)24-13-5-8-17(14-24)21(25)22-18-10-11-18/h2-4,6-7,9,12,17-18H,5,8,10-11,13-14H2,1H3,(H,22,25)/b12-9+. The number of aromatic nitrogens is 1. The van der Waals surface area contributed by atoms with Crippen molar-refractivity contribution in [3.05, 3.63) is 47.3 Å². The van der Waals surface area contributed by atoms with Gasteiger partial charge in [-0.1, -0.05) is 41.6 Å². The molecule has 2 fully saturated rings. The number of amides is 1. The summed E-state index contributed by atoms with van der Waals surface area (Å²) in [5.74, 6) is -0.155. The minimum Gasteiger partial charge on any atom is -0.355 e. The Morgan fingerprint density at radius 1 is 1.21 bits per heavy atom. The highest BCUT2D eigenvalue weighted by molar-refractivity contribution is 7.89. The molecule has 1 amide bonds. The van der Waals surface area contributed by atoms with Crippen molar-refractivity contribution in [2.75, 3.05) is 13.1 Å². The minimum absolute atomic E-state index is 0.0429. The number of benzene rings is 1. The number of hydrogen-bond donors (Lipinski definition) is 1. The highest BCUT2D eigenvalue weighted by atomic mass is 32.2. The van der Waals surface area contributed by atoms with Crippen molar-refractivity contribution >= 4 is 28.1 Å². The third-order valence-electron chi connectivity index (χ3n) is 5.34. The molecule has 1 unspecified atom stereocenters. The van der Waals surface area contributed by atoms with Gasteiger partial charge in [-0.3, -0.25) is 4.79 Å². The fourth-order valence-corrected chi connectivity index (χ4v) is 5.36. The van der Waals surface area contributed by atoms with Gasteiger partial charge in [-0.15, -0.1) is 0 Å². The maximum absolute atomic E-state index is 13.4.